The third-order valence-corrected chi connectivity index (χ3v) is 6.37. The van der Waals surface area contributed by atoms with E-state index in [0.29, 0.717) is 36.7 Å². The summed E-state index contributed by atoms with van der Waals surface area (Å²) in [4.78, 5) is 12.3. The van der Waals surface area contributed by atoms with Crippen molar-refractivity contribution in [2.24, 2.45) is 5.92 Å². The number of carbonyl (C=O) groups excluding carboxylic acids is 1. The molecule has 2 aliphatic heterocycles. The van der Waals surface area contributed by atoms with Gasteiger partial charge in [-0.15, -0.1) is 0 Å². The lowest BCUT2D eigenvalue weighted by Gasteiger charge is -2.17. The van der Waals surface area contributed by atoms with Crippen LogP contribution in [0.1, 0.15) is 29.6 Å². The monoisotopic (exact) mass is 337 g/mol. The van der Waals surface area contributed by atoms with Gasteiger partial charge in [0.05, 0.1) is 11.4 Å². The molecule has 1 aromatic rings. The average molecular weight is 337 g/mol. The molecule has 0 saturated carbocycles. The smallest absolute Gasteiger partial charge is 0.251 e. The van der Waals surface area contributed by atoms with Gasteiger partial charge in [0.15, 0.2) is 0 Å². The summed E-state index contributed by atoms with van der Waals surface area (Å²) in [5, 5.41) is 6.24. The Morgan fingerprint density at radius 1 is 1.39 bits per heavy atom. The minimum Gasteiger partial charge on any atom is -0.352 e. The molecule has 2 fully saturated rings. The fraction of sp³-hybridized carbons (Fsp3) is 0.562. The van der Waals surface area contributed by atoms with Crippen molar-refractivity contribution in [2.75, 3.05) is 36.2 Å². The Labute approximate surface area is 137 Å². The number of anilines is 1. The van der Waals surface area contributed by atoms with Crippen LogP contribution < -0.4 is 14.9 Å². The highest BCUT2D eigenvalue weighted by molar-refractivity contribution is 7.93. The van der Waals surface area contributed by atoms with Gasteiger partial charge in [-0.2, -0.15) is 0 Å². The molecule has 6 nitrogen and oxygen atoms in total. The minimum absolute atomic E-state index is 0.144. The van der Waals surface area contributed by atoms with E-state index in [0.717, 1.165) is 25.9 Å². The zero-order valence-corrected chi connectivity index (χ0v) is 13.9. The van der Waals surface area contributed by atoms with Crippen LogP contribution in [-0.4, -0.2) is 46.3 Å². The Morgan fingerprint density at radius 2 is 2.26 bits per heavy atom. The summed E-state index contributed by atoms with van der Waals surface area (Å²) in [5.74, 6) is 0.671. The minimum atomic E-state index is -3.22. The number of sulfonamides is 1. The van der Waals surface area contributed by atoms with Crippen molar-refractivity contribution in [3.05, 3.63) is 29.8 Å². The quantitative estimate of drug-likeness (QED) is 0.839. The third-order valence-electron chi connectivity index (χ3n) is 4.50. The van der Waals surface area contributed by atoms with E-state index in [2.05, 4.69) is 10.6 Å². The number of hydrogen-bond donors (Lipinski definition) is 2. The SMILES string of the molecule is O=C(NCCC1CCNC1)c1cccc(N2CCCS2(=O)=O)c1. The molecule has 0 aliphatic carbocycles. The molecule has 0 radical (unpaired) electrons. The van der Waals surface area contributed by atoms with Gasteiger partial charge >= 0.3 is 0 Å². The number of rotatable bonds is 5. The standard InChI is InChI=1S/C16H23N3O3S/c20-16(18-8-6-13-5-7-17-12-13)14-3-1-4-15(11-14)19-9-2-10-23(19,21)22/h1,3-4,11,13,17H,2,5-10,12H2,(H,18,20). The summed E-state index contributed by atoms with van der Waals surface area (Å²) < 4.78 is 25.4. The molecule has 0 bridgehead atoms. The van der Waals surface area contributed by atoms with Gasteiger partial charge in [0, 0.05) is 18.7 Å². The van der Waals surface area contributed by atoms with Crippen LogP contribution in [0.25, 0.3) is 0 Å². The first-order valence-corrected chi connectivity index (χ1v) is 9.76. The topological polar surface area (TPSA) is 78.5 Å². The molecular weight excluding hydrogens is 314 g/mol. The van der Waals surface area contributed by atoms with Crippen molar-refractivity contribution < 1.29 is 13.2 Å². The number of benzene rings is 1. The van der Waals surface area contributed by atoms with Crippen LogP contribution in [0.5, 0.6) is 0 Å². The lowest BCUT2D eigenvalue weighted by Crippen LogP contribution is -2.28. The summed E-state index contributed by atoms with van der Waals surface area (Å²) >= 11 is 0. The first-order chi connectivity index (χ1) is 11.1. The Balaban J connectivity index is 1.61. The van der Waals surface area contributed by atoms with Crippen molar-refractivity contribution in [2.45, 2.75) is 19.3 Å². The predicted octanol–water partition coefficient (Wildman–Crippen LogP) is 0.956. The van der Waals surface area contributed by atoms with E-state index in [1.165, 1.54) is 4.31 Å². The van der Waals surface area contributed by atoms with E-state index in [-0.39, 0.29) is 11.7 Å². The highest BCUT2D eigenvalue weighted by Crippen LogP contribution is 2.24. The lowest BCUT2D eigenvalue weighted by atomic mass is 10.1. The number of amides is 1. The van der Waals surface area contributed by atoms with E-state index in [9.17, 15) is 13.2 Å². The maximum Gasteiger partial charge on any atom is 0.251 e. The fourth-order valence-corrected chi connectivity index (χ4v) is 4.74. The molecule has 1 atom stereocenters. The van der Waals surface area contributed by atoms with Gasteiger partial charge in [-0.05, 0) is 56.5 Å². The van der Waals surface area contributed by atoms with Crippen LogP contribution in [-0.2, 0) is 10.0 Å². The number of carbonyl (C=O) groups is 1. The van der Waals surface area contributed by atoms with Gasteiger partial charge in [0.1, 0.15) is 0 Å². The largest absolute Gasteiger partial charge is 0.352 e. The molecule has 1 amide bonds. The van der Waals surface area contributed by atoms with Crippen molar-refractivity contribution in [3.63, 3.8) is 0 Å². The Morgan fingerprint density at radius 3 is 2.96 bits per heavy atom. The Kier molecular flexibility index (Phi) is 4.87. The highest BCUT2D eigenvalue weighted by atomic mass is 32.2. The molecule has 7 heteroatoms. The highest BCUT2D eigenvalue weighted by Gasteiger charge is 2.28. The van der Waals surface area contributed by atoms with E-state index in [1.807, 2.05) is 0 Å². The van der Waals surface area contributed by atoms with E-state index in [4.69, 9.17) is 0 Å². The second-order valence-corrected chi connectivity index (χ2v) is 8.21. The molecule has 3 rings (SSSR count). The molecular formula is C16H23N3O3S. The summed E-state index contributed by atoms with van der Waals surface area (Å²) in [6.07, 6.45) is 2.77. The third kappa shape index (κ3) is 3.84. The summed E-state index contributed by atoms with van der Waals surface area (Å²) in [6, 6.07) is 6.86. The fourth-order valence-electron chi connectivity index (χ4n) is 3.18. The second-order valence-electron chi connectivity index (χ2n) is 6.20. The number of nitrogens with zero attached hydrogens (tertiary/aromatic N) is 1. The summed E-state index contributed by atoms with van der Waals surface area (Å²) in [5.41, 5.74) is 1.09. The van der Waals surface area contributed by atoms with Crippen LogP contribution in [0.4, 0.5) is 5.69 Å². The van der Waals surface area contributed by atoms with Crippen molar-refractivity contribution >= 4 is 21.6 Å². The molecule has 0 aromatic heterocycles. The van der Waals surface area contributed by atoms with Gasteiger partial charge in [-0.3, -0.25) is 9.10 Å². The predicted molar refractivity (Wildman–Crippen MR) is 90.1 cm³/mol. The first-order valence-electron chi connectivity index (χ1n) is 8.16. The van der Waals surface area contributed by atoms with E-state index >= 15 is 0 Å². The lowest BCUT2D eigenvalue weighted by molar-refractivity contribution is 0.0951. The Hall–Kier alpha value is -1.60. The molecule has 23 heavy (non-hydrogen) atoms. The van der Waals surface area contributed by atoms with Gasteiger partial charge in [0.25, 0.3) is 5.91 Å². The zero-order valence-electron chi connectivity index (χ0n) is 13.1. The second kappa shape index (κ2) is 6.88. The van der Waals surface area contributed by atoms with Gasteiger partial charge in [0.2, 0.25) is 10.0 Å². The summed E-state index contributed by atoms with van der Waals surface area (Å²) in [7, 11) is -3.22. The van der Waals surface area contributed by atoms with Crippen molar-refractivity contribution in [1.29, 1.82) is 0 Å². The molecule has 126 valence electrons. The van der Waals surface area contributed by atoms with Gasteiger partial charge in [-0.1, -0.05) is 6.07 Å². The van der Waals surface area contributed by atoms with Crippen molar-refractivity contribution in [3.8, 4) is 0 Å². The maximum absolute atomic E-state index is 12.3. The van der Waals surface area contributed by atoms with Crippen molar-refractivity contribution in [1.82, 2.24) is 10.6 Å². The molecule has 1 aromatic carbocycles. The number of nitrogens with one attached hydrogen (secondary N) is 2. The molecule has 2 aliphatic rings. The number of hydrogen-bond acceptors (Lipinski definition) is 4. The van der Waals surface area contributed by atoms with Gasteiger partial charge < -0.3 is 10.6 Å². The molecule has 2 N–H and O–H groups in total. The van der Waals surface area contributed by atoms with E-state index < -0.39 is 10.0 Å². The molecule has 0 spiro atoms. The average Bonchev–Trinajstić information content (AvgIpc) is 3.16. The molecule has 2 saturated heterocycles. The normalized spacial score (nSPS) is 23.1. The summed E-state index contributed by atoms with van der Waals surface area (Å²) in [6.45, 7) is 3.22. The van der Waals surface area contributed by atoms with Crippen LogP contribution in [0.3, 0.4) is 0 Å². The van der Waals surface area contributed by atoms with Crippen LogP contribution in [0.15, 0.2) is 24.3 Å². The van der Waals surface area contributed by atoms with Gasteiger partial charge in [-0.25, -0.2) is 8.42 Å². The maximum atomic E-state index is 12.3. The molecule has 2 heterocycles. The zero-order chi connectivity index (χ0) is 16.3. The van der Waals surface area contributed by atoms with Crippen LogP contribution >= 0.6 is 0 Å². The Bertz CT molecular complexity index is 669. The van der Waals surface area contributed by atoms with E-state index in [1.54, 1.807) is 24.3 Å². The first kappa shape index (κ1) is 16.3. The van der Waals surface area contributed by atoms with Crippen LogP contribution in [0.2, 0.25) is 0 Å². The molecule has 1 unspecified atom stereocenters. The van der Waals surface area contributed by atoms with Crippen LogP contribution in [0, 0.1) is 5.92 Å².